The van der Waals surface area contributed by atoms with E-state index in [2.05, 4.69) is 5.32 Å². The number of carbonyl (C=O) groups excluding carboxylic acids is 2. The molecule has 3 aromatic carbocycles. The van der Waals surface area contributed by atoms with Crippen molar-refractivity contribution in [2.45, 2.75) is 58.5 Å². The van der Waals surface area contributed by atoms with Gasteiger partial charge in [-0.25, -0.2) is 8.42 Å². The Hall–Kier alpha value is -3.85. The van der Waals surface area contributed by atoms with Crippen molar-refractivity contribution in [1.29, 1.82) is 0 Å². The Balaban J connectivity index is 2.05. The first-order valence-corrected chi connectivity index (χ1v) is 15.0. The number of hydrogen-bond donors (Lipinski definition) is 1. The van der Waals surface area contributed by atoms with E-state index in [0.29, 0.717) is 31.0 Å². The zero-order valence-corrected chi connectivity index (χ0v) is 24.7. The molecule has 0 unspecified atom stereocenters. The Morgan fingerprint density at radius 3 is 1.95 bits per heavy atom. The molecule has 0 aliphatic heterocycles. The molecule has 1 atom stereocenters. The first-order valence-electron chi connectivity index (χ1n) is 13.6. The summed E-state index contributed by atoms with van der Waals surface area (Å²) in [5.74, 6) is -0.170. The fourth-order valence-corrected chi connectivity index (χ4v) is 5.76. The quantitative estimate of drug-likeness (QED) is 0.320. The number of sulfonamides is 1. The molecule has 1 N–H and O–H groups in total. The molecule has 0 aliphatic carbocycles. The minimum absolute atomic E-state index is 0.0700. The normalized spacial score (nSPS) is 11.9. The minimum atomic E-state index is -4.12. The van der Waals surface area contributed by atoms with Crippen molar-refractivity contribution in [3.05, 3.63) is 89.5 Å². The van der Waals surface area contributed by atoms with E-state index in [-0.39, 0.29) is 17.3 Å². The van der Waals surface area contributed by atoms with Crippen LogP contribution in [0.15, 0.2) is 77.7 Å². The highest BCUT2D eigenvalue weighted by Crippen LogP contribution is 2.27. The zero-order chi connectivity index (χ0) is 29.3. The van der Waals surface area contributed by atoms with Crippen LogP contribution in [-0.4, -0.2) is 50.9 Å². The van der Waals surface area contributed by atoms with Gasteiger partial charge in [-0.1, -0.05) is 54.4 Å². The summed E-state index contributed by atoms with van der Waals surface area (Å²) in [6.45, 7) is 9.93. The Bertz CT molecular complexity index is 1370. The first kappa shape index (κ1) is 30.7. The average Bonchev–Trinajstić information content (AvgIpc) is 2.93. The van der Waals surface area contributed by atoms with E-state index in [4.69, 9.17) is 4.74 Å². The topological polar surface area (TPSA) is 96.0 Å². The molecule has 40 heavy (non-hydrogen) atoms. The number of aryl methyl sites for hydroxylation is 2. The summed E-state index contributed by atoms with van der Waals surface area (Å²) in [5.41, 5.74) is 3.15. The lowest BCUT2D eigenvalue weighted by Crippen LogP contribution is -2.52. The molecule has 0 saturated carbocycles. The largest absolute Gasteiger partial charge is 0.494 e. The maximum Gasteiger partial charge on any atom is 0.264 e. The second-order valence-corrected chi connectivity index (χ2v) is 11.4. The first-order chi connectivity index (χ1) is 19.1. The van der Waals surface area contributed by atoms with Crippen LogP contribution in [-0.2, 0) is 26.2 Å². The van der Waals surface area contributed by atoms with Crippen molar-refractivity contribution < 1.29 is 22.7 Å². The molecule has 0 fully saturated rings. The molecule has 0 bridgehead atoms. The Morgan fingerprint density at radius 2 is 1.43 bits per heavy atom. The molecule has 0 heterocycles. The number of ether oxygens (including phenoxy) is 1. The number of nitrogens with zero attached hydrogens (tertiary/aromatic N) is 2. The number of amides is 2. The standard InChI is InChI=1S/C31H39N3O5S/c1-6-29(31(36)32-7-2)33(21-25-13-9-23(4)10-14-25)30(35)22-34(26-15-17-27(18-16-26)39-8-3)40(37,38)28-19-11-24(5)12-20-28/h9-20,29H,6-8,21-22H2,1-5H3,(H,32,36)/t29-/m1/s1. The van der Waals surface area contributed by atoms with Crippen LogP contribution in [0, 0.1) is 13.8 Å². The van der Waals surface area contributed by atoms with Crippen LogP contribution < -0.4 is 14.4 Å². The molecule has 9 heteroatoms. The summed E-state index contributed by atoms with van der Waals surface area (Å²) >= 11 is 0. The van der Waals surface area contributed by atoms with Gasteiger partial charge in [0.25, 0.3) is 10.0 Å². The number of nitrogens with one attached hydrogen (secondary N) is 1. The van der Waals surface area contributed by atoms with E-state index < -0.39 is 28.5 Å². The molecule has 2 amide bonds. The van der Waals surface area contributed by atoms with Gasteiger partial charge in [0.15, 0.2) is 0 Å². The van der Waals surface area contributed by atoms with Crippen LogP contribution in [0.2, 0.25) is 0 Å². The Kier molecular flexibility index (Phi) is 10.7. The van der Waals surface area contributed by atoms with Crippen molar-refractivity contribution in [2.75, 3.05) is 24.0 Å². The monoisotopic (exact) mass is 565 g/mol. The van der Waals surface area contributed by atoms with Gasteiger partial charge < -0.3 is 15.0 Å². The van der Waals surface area contributed by atoms with Gasteiger partial charge in [-0.3, -0.25) is 13.9 Å². The van der Waals surface area contributed by atoms with Crippen LogP contribution in [0.1, 0.15) is 43.9 Å². The molecule has 8 nitrogen and oxygen atoms in total. The second-order valence-electron chi connectivity index (χ2n) is 9.58. The van der Waals surface area contributed by atoms with Gasteiger partial charge >= 0.3 is 0 Å². The number of anilines is 1. The minimum Gasteiger partial charge on any atom is -0.494 e. The molecule has 3 aromatic rings. The highest BCUT2D eigenvalue weighted by molar-refractivity contribution is 7.92. The van der Waals surface area contributed by atoms with Crippen LogP contribution in [0.3, 0.4) is 0 Å². The van der Waals surface area contributed by atoms with Crippen LogP contribution in [0.4, 0.5) is 5.69 Å². The number of benzene rings is 3. The maximum atomic E-state index is 14.0. The lowest BCUT2D eigenvalue weighted by atomic mass is 10.1. The highest BCUT2D eigenvalue weighted by Gasteiger charge is 2.33. The van der Waals surface area contributed by atoms with Gasteiger partial charge in [0.05, 0.1) is 17.2 Å². The molecule has 3 rings (SSSR count). The van der Waals surface area contributed by atoms with Gasteiger partial charge in [-0.15, -0.1) is 0 Å². The summed E-state index contributed by atoms with van der Waals surface area (Å²) in [5, 5.41) is 2.81. The fourth-order valence-electron chi connectivity index (χ4n) is 4.34. The predicted octanol–water partition coefficient (Wildman–Crippen LogP) is 4.84. The number of hydrogen-bond acceptors (Lipinski definition) is 5. The smallest absolute Gasteiger partial charge is 0.264 e. The average molecular weight is 566 g/mol. The molecule has 0 aromatic heterocycles. The molecular weight excluding hydrogens is 526 g/mol. The molecule has 0 aliphatic rings. The summed E-state index contributed by atoms with van der Waals surface area (Å²) in [7, 11) is -4.12. The van der Waals surface area contributed by atoms with Gasteiger partial charge in [-0.2, -0.15) is 0 Å². The van der Waals surface area contributed by atoms with Crippen LogP contribution >= 0.6 is 0 Å². The third-order valence-corrected chi connectivity index (χ3v) is 8.32. The van der Waals surface area contributed by atoms with Crippen molar-refractivity contribution in [3.8, 4) is 5.75 Å². The van der Waals surface area contributed by atoms with Crippen molar-refractivity contribution in [1.82, 2.24) is 10.2 Å². The number of rotatable bonds is 13. The van der Waals surface area contributed by atoms with Gasteiger partial charge in [0, 0.05) is 13.1 Å². The van der Waals surface area contributed by atoms with E-state index in [1.165, 1.54) is 17.0 Å². The fraction of sp³-hybridized carbons (Fsp3) is 0.355. The van der Waals surface area contributed by atoms with Crippen molar-refractivity contribution in [3.63, 3.8) is 0 Å². The zero-order valence-electron chi connectivity index (χ0n) is 23.9. The van der Waals surface area contributed by atoms with E-state index in [1.54, 1.807) is 36.4 Å². The lowest BCUT2D eigenvalue weighted by molar-refractivity contribution is -0.140. The second kappa shape index (κ2) is 14.0. The summed E-state index contributed by atoms with van der Waals surface area (Å²) in [6.07, 6.45) is 0.372. The van der Waals surface area contributed by atoms with E-state index >= 15 is 0 Å². The van der Waals surface area contributed by atoms with Gasteiger partial charge in [0.1, 0.15) is 18.3 Å². The predicted molar refractivity (Wildman–Crippen MR) is 158 cm³/mol. The van der Waals surface area contributed by atoms with E-state index in [9.17, 15) is 18.0 Å². The Morgan fingerprint density at radius 1 is 0.850 bits per heavy atom. The maximum absolute atomic E-state index is 14.0. The lowest BCUT2D eigenvalue weighted by Gasteiger charge is -2.33. The third kappa shape index (κ3) is 7.63. The Labute approximate surface area is 238 Å². The molecule has 0 saturated heterocycles. The van der Waals surface area contributed by atoms with Crippen molar-refractivity contribution in [2.24, 2.45) is 0 Å². The summed E-state index contributed by atoms with van der Waals surface area (Å²) in [4.78, 5) is 28.6. The SMILES string of the molecule is CCNC(=O)[C@@H](CC)N(Cc1ccc(C)cc1)C(=O)CN(c1ccc(OCC)cc1)S(=O)(=O)c1ccc(C)cc1. The summed E-state index contributed by atoms with van der Waals surface area (Å²) < 4.78 is 34.5. The van der Waals surface area contributed by atoms with Gasteiger partial charge in [0.2, 0.25) is 11.8 Å². The highest BCUT2D eigenvalue weighted by atomic mass is 32.2. The van der Waals surface area contributed by atoms with E-state index in [0.717, 1.165) is 21.0 Å². The molecule has 0 spiro atoms. The van der Waals surface area contributed by atoms with Crippen molar-refractivity contribution >= 4 is 27.5 Å². The number of likely N-dealkylation sites (N-methyl/N-ethyl adjacent to an activating group) is 1. The van der Waals surface area contributed by atoms with Crippen LogP contribution in [0.25, 0.3) is 0 Å². The number of carbonyl (C=O) groups is 2. The van der Waals surface area contributed by atoms with E-state index in [1.807, 2.05) is 58.9 Å². The molecule has 214 valence electrons. The van der Waals surface area contributed by atoms with Gasteiger partial charge in [-0.05, 0) is 76.1 Å². The summed E-state index contributed by atoms with van der Waals surface area (Å²) in [6, 6.07) is 20.0. The molecular formula is C31H39N3O5S. The third-order valence-electron chi connectivity index (χ3n) is 6.53. The van der Waals surface area contributed by atoms with Crippen LogP contribution in [0.5, 0.6) is 5.75 Å². The molecule has 0 radical (unpaired) electrons.